The predicted molar refractivity (Wildman–Crippen MR) is 122 cm³/mol. The van der Waals surface area contributed by atoms with Gasteiger partial charge in [0.25, 0.3) is 0 Å². The Kier molecular flexibility index (Phi) is 6.19. The quantitative estimate of drug-likeness (QED) is 0.771. The number of nitriles is 1. The molecule has 31 heavy (non-hydrogen) atoms. The number of carbonyl (C=O) groups is 1. The third kappa shape index (κ3) is 4.40. The van der Waals surface area contributed by atoms with Gasteiger partial charge in [0.2, 0.25) is 5.91 Å². The highest BCUT2D eigenvalue weighted by molar-refractivity contribution is 5.93. The number of anilines is 2. The van der Waals surface area contributed by atoms with E-state index in [2.05, 4.69) is 25.8 Å². The number of hydrogen-bond donors (Lipinski definition) is 2. The molecule has 1 aromatic carbocycles. The van der Waals surface area contributed by atoms with Gasteiger partial charge in [-0.05, 0) is 56.5 Å². The number of piperazine rings is 1. The van der Waals surface area contributed by atoms with Crippen molar-refractivity contribution >= 4 is 17.4 Å². The van der Waals surface area contributed by atoms with Crippen LogP contribution in [0.4, 0.5) is 11.5 Å². The maximum atomic E-state index is 12.9. The van der Waals surface area contributed by atoms with Gasteiger partial charge in [-0.2, -0.15) is 5.26 Å². The smallest absolute Gasteiger partial charge is 0.239 e. The SMILES string of the molecule is Cc1c(C#N)c(NC(=O)CN2CCN(c3ccc(O)cc3)CC2)n(C2CCCC2)c1C. The minimum Gasteiger partial charge on any atom is -0.508 e. The Labute approximate surface area is 183 Å². The van der Waals surface area contributed by atoms with Crippen molar-refractivity contribution in [3.63, 3.8) is 0 Å². The van der Waals surface area contributed by atoms with Crippen LogP contribution in [0, 0.1) is 25.2 Å². The minimum absolute atomic E-state index is 0.0636. The van der Waals surface area contributed by atoms with Crippen LogP contribution in [0.25, 0.3) is 0 Å². The summed E-state index contributed by atoms with van der Waals surface area (Å²) in [5, 5.41) is 22.3. The second kappa shape index (κ2) is 9.03. The molecule has 1 aliphatic carbocycles. The fraction of sp³-hybridized carbons (Fsp3) is 0.500. The summed E-state index contributed by atoms with van der Waals surface area (Å²) in [5.74, 6) is 0.882. The summed E-state index contributed by atoms with van der Waals surface area (Å²) in [5.41, 5.74) is 3.73. The number of nitrogens with one attached hydrogen (secondary N) is 1. The Hall–Kier alpha value is -2.98. The zero-order valence-electron chi connectivity index (χ0n) is 18.4. The largest absolute Gasteiger partial charge is 0.508 e. The van der Waals surface area contributed by atoms with Gasteiger partial charge < -0.3 is 19.9 Å². The average molecular weight is 422 g/mol. The first-order chi connectivity index (χ1) is 15.0. The van der Waals surface area contributed by atoms with Crippen molar-refractivity contribution in [2.24, 2.45) is 0 Å². The highest BCUT2D eigenvalue weighted by atomic mass is 16.3. The first-order valence-electron chi connectivity index (χ1n) is 11.2. The van der Waals surface area contributed by atoms with Crippen LogP contribution in [0.3, 0.4) is 0 Å². The Morgan fingerprint density at radius 3 is 2.39 bits per heavy atom. The van der Waals surface area contributed by atoms with E-state index in [0.717, 1.165) is 56.0 Å². The second-order valence-corrected chi connectivity index (χ2v) is 8.68. The van der Waals surface area contributed by atoms with Crippen molar-refractivity contribution in [1.82, 2.24) is 9.47 Å². The lowest BCUT2D eigenvalue weighted by Crippen LogP contribution is -2.48. The zero-order chi connectivity index (χ0) is 22.0. The van der Waals surface area contributed by atoms with Crippen molar-refractivity contribution in [1.29, 1.82) is 5.26 Å². The van der Waals surface area contributed by atoms with E-state index in [4.69, 9.17) is 0 Å². The summed E-state index contributed by atoms with van der Waals surface area (Å²) in [6.45, 7) is 7.59. The van der Waals surface area contributed by atoms with Gasteiger partial charge in [0.05, 0.1) is 12.1 Å². The Bertz CT molecular complexity index is 975. The molecule has 1 aromatic heterocycles. The van der Waals surface area contributed by atoms with E-state index >= 15 is 0 Å². The number of amides is 1. The molecule has 1 saturated carbocycles. The van der Waals surface area contributed by atoms with Gasteiger partial charge in [-0.25, -0.2) is 0 Å². The first kappa shape index (κ1) is 21.3. The summed E-state index contributed by atoms with van der Waals surface area (Å²) >= 11 is 0. The standard InChI is InChI=1S/C24H31N5O2/c1-17-18(2)29(20-5-3-4-6-20)24(22(17)15-25)26-23(31)16-27-11-13-28(14-12-27)19-7-9-21(30)10-8-19/h7-10,20,30H,3-6,11-14,16H2,1-2H3,(H,26,31). The molecule has 0 bridgehead atoms. The maximum Gasteiger partial charge on any atom is 0.239 e. The number of rotatable bonds is 5. The molecule has 7 heteroatoms. The second-order valence-electron chi connectivity index (χ2n) is 8.68. The summed E-state index contributed by atoms with van der Waals surface area (Å²) in [4.78, 5) is 17.3. The van der Waals surface area contributed by atoms with Crippen LogP contribution in [-0.4, -0.2) is 53.2 Å². The van der Waals surface area contributed by atoms with E-state index < -0.39 is 0 Å². The monoisotopic (exact) mass is 421 g/mol. The van der Waals surface area contributed by atoms with Gasteiger partial charge in [0.15, 0.2) is 0 Å². The number of hydrogen-bond acceptors (Lipinski definition) is 5. The molecule has 0 unspecified atom stereocenters. The van der Waals surface area contributed by atoms with Gasteiger partial charge in [0.1, 0.15) is 17.6 Å². The highest BCUT2D eigenvalue weighted by Crippen LogP contribution is 2.37. The number of nitrogens with zero attached hydrogens (tertiary/aromatic N) is 4. The van der Waals surface area contributed by atoms with Crippen molar-refractivity contribution in [3.05, 3.63) is 41.1 Å². The van der Waals surface area contributed by atoms with Crippen LogP contribution in [0.2, 0.25) is 0 Å². The number of aromatic nitrogens is 1. The zero-order valence-corrected chi connectivity index (χ0v) is 18.4. The van der Waals surface area contributed by atoms with Crippen molar-refractivity contribution < 1.29 is 9.90 Å². The van der Waals surface area contributed by atoms with Crippen LogP contribution in [-0.2, 0) is 4.79 Å². The van der Waals surface area contributed by atoms with E-state index in [1.165, 1.54) is 12.8 Å². The van der Waals surface area contributed by atoms with E-state index in [-0.39, 0.29) is 11.7 Å². The van der Waals surface area contributed by atoms with Gasteiger partial charge in [0, 0.05) is 43.6 Å². The van der Waals surface area contributed by atoms with Gasteiger partial charge >= 0.3 is 0 Å². The molecule has 0 atom stereocenters. The molecule has 0 radical (unpaired) electrons. The summed E-state index contributed by atoms with van der Waals surface area (Å²) < 4.78 is 2.20. The van der Waals surface area contributed by atoms with E-state index in [0.29, 0.717) is 24.0 Å². The molecule has 2 heterocycles. The molecule has 2 N–H and O–H groups in total. The van der Waals surface area contributed by atoms with E-state index in [1.807, 2.05) is 26.0 Å². The van der Waals surface area contributed by atoms with Crippen LogP contribution >= 0.6 is 0 Å². The normalized spacial score (nSPS) is 17.6. The van der Waals surface area contributed by atoms with Gasteiger partial charge in [-0.15, -0.1) is 0 Å². The third-order valence-corrected chi connectivity index (χ3v) is 6.77. The summed E-state index contributed by atoms with van der Waals surface area (Å²) in [6.07, 6.45) is 4.59. The Morgan fingerprint density at radius 1 is 1.13 bits per heavy atom. The van der Waals surface area contributed by atoms with Crippen LogP contribution in [0.1, 0.15) is 48.5 Å². The molecule has 2 aromatic rings. The Morgan fingerprint density at radius 2 is 1.77 bits per heavy atom. The van der Waals surface area contributed by atoms with E-state index in [9.17, 15) is 15.2 Å². The van der Waals surface area contributed by atoms with Crippen molar-refractivity contribution in [2.75, 3.05) is 42.9 Å². The number of carbonyl (C=O) groups excluding carboxylic acids is 1. The third-order valence-electron chi connectivity index (χ3n) is 6.77. The van der Waals surface area contributed by atoms with Crippen LogP contribution < -0.4 is 10.2 Å². The van der Waals surface area contributed by atoms with Crippen LogP contribution in [0.15, 0.2) is 24.3 Å². The molecule has 0 spiro atoms. The number of phenols is 1. The van der Waals surface area contributed by atoms with Crippen molar-refractivity contribution in [2.45, 2.75) is 45.6 Å². The van der Waals surface area contributed by atoms with Gasteiger partial charge in [-0.1, -0.05) is 12.8 Å². The Balaban J connectivity index is 1.40. The van der Waals surface area contributed by atoms with Crippen molar-refractivity contribution in [3.8, 4) is 11.8 Å². The fourth-order valence-electron chi connectivity index (χ4n) is 4.91. The highest BCUT2D eigenvalue weighted by Gasteiger charge is 2.27. The molecular formula is C24H31N5O2. The molecule has 1 saturated heterocycles. The predicted octanol–water partition coefficient (Wildman–Crippen LogP) is 3.56. The number of aromatic hydroxyl groups is 1. The number of benzene rings is 1. The molecule has 164 valence electrons. The minimum atomic E-state index is -0.0636. The molecule has 1 amide bonds. The maximum absolute atomic E-state index is 12.9. The number of phenolic OH excluding ortho intramolecular Hbond substituents is 1. The molecule has 2 fully saturated rings. The molecule has 4 rings (SSSR count). The molecule has 7 nitrogen and oxygen atoms in total. The topological polar surface area (TPSA) is 84.5 Å². The molecule has 1 aliphatic heterocycles. The summed E-state index contributed by atoms with van der Waals surface area (Å²) in [7, 11) is 0. The lowest BCUT2D eigenvalue weighted by atomic mass is 10.2. The summed E-state index contributed by atoms with van der Waals surface area (Å²) in [6, 6.07) is 9.92. The molecule has 2 aliphatic rings. The van der Waals surface area contributed by atoms with Crippen LogP contribution in [0.5, 0.6) is 5.75 Å². The fourth-order valence-corrected chi connectivity index (χ4v) is 4.91. The lowest BCUT2D eigenvalue weighted by Gasteiger charge is -2.35. The first-order valence-corrected chi connectivity index (χ1v) is 11.2. The molecular weight excluding hydrogens is 390 g/mol. The van der Waals surface area contributed by atoms with E-state index in [1.54, 1.807) is 12.1 Å². The average Bonchev–Trinajstić information content (AvgIpc) is 3.36. The van der Waals surface area contributed by atoms with Gasteiger partial charge in [-0.3, -0.25) is 9.69 Å². The lowest BCUT2D eigenvalue weighted by molar-refractivity contribution is -0.117.